The molecule has 1 atom stereocenters. The van der Waals surface area contributed by atoms with Gasteiger partial charge in [0.15, 0.2) is 0 Å². The van der Waals surface area contributed by atoms with Crippen LogP contribution in [0.2, 0.25) is 0 Å². The van der Waals surface area contributed by atoms with E-state index >= 15 is 0 Å². The quantitative estimate of drug-likeness (QED) is 0.752. The minimum Gasteiger partial charge on any atom is -0.493 e. The highest BCUT2D eigenvalue weighted by molar-refractivity contribution is 5.81. The Balaban J connectivity index is 1.75. The molecule has 20 heavy (non-hydrogen) atoms. The minimum atomic E-state index is -0.0416. The summed E-state index contributed by atoms with van der Waals surface area (Å²) in [7, 11) is 0. The summed E-state index contributed by atoms with van der Waals surface area (Å²) in [6.07, 6.45) is 0.899. The van der Waals surface area contributed by atoms with Crippen LogP contribution in [-0.2, 0) is 11.3 Å². The van der Waals surface area contributed by atoms with Gasteiger partial charge in [0, 0.05) is 31.7 Å². The molecule has 3 N–H and O–H groups in total. The average Bonchev–Trinajstić information content (AvgIpc) is 2.48. The Morgan fingerprint density at radius 3 is 3.05 bits per heavy atom. The lowest BCUT2D eigenvalue weighted by molar-refractivity contribution is -0.128. The Morgan fingerprint density at radius 2 is 2.25 bits per heavy atom. The van der Waals surface area contributed by atoms with Crippen LogP contribution in [0.1, 0.15) is 18.9 Å². The number of piperazine rings is 1. The Morgan fingerprint density at radius 1 is 1.45 bits per heavy atom. The molecule has 1 saturated heterocycles. The fourth-order valence-corrected chi connectivity index (χ4v) is 2.40. The number of para-hydroxylation sites is 1. The van der Waals surface area contributed by atoms with Gasteiger partial charge in [0.25, 0.3) is 0 Å². The monoisotopic (exact) mass is 277 g/mol. The summed E-state index contributed by atoms with van der Waals surface area (Å²) >= 11 is 0. The van der Waals surface area contributed by atoms with E-state index in [1.807, 2.05) is 31.2 Å². The highest BCUT2D eigenvalue weighted by atomic mass is 16.5. The Labute approximate surface area is 120 Å². The second kappa shape index (κ2) is 7.26. The lowest BCUT2D eigenvalue weighted by Crippen LogP contribution is -2.54. The van der Waals surface area contributed by atoms with Crippen LogP contribution in [0.3, 0.4) is 0 Å². The second-order valence-corrected chi connectivity index (χ2v) is 5.02. The molecule has 1 aromatic rings. The maximum absolute atomic E-state index is 11.5. The Hall–Kier alpha value is -1.59. The van der Waals surface area contributed by atoms with E-state index < -0.39 is 0 Å². The van der Waals surface area contributed by atoms with Crippen molar-refractivity contribution in [3.8, 4) is 5.75 Å². The first-order chi connectivity index (χ1) is 9.72. The van der Waals surface area contributed by atoms with Crippen molar-refractivity contribution in [2.24, 2.45) is 5.73 Å². The summed E-state index contributed by atoms with van der Waals surface area (Å²) in [6, 6.07) is 7.79. The van der Waals surface area contributed by atoms with Crippen LogP contribution in [-0.4, -0.2) is 43.1 Å². The summed E-state index contributed by atoms with van der Waals surface area (Å²) in [5, 5.41) is 2.87. The van der Waals surface area contributed by atoms with Gasteiger partial charge in [-0.15, -0.1) is 0 Å². The maximum Gasteiger partial charge on any atom is 0.237 e. The van der Waals surface area contributed by atoms with Gasteiger partial charge in [0.2, 0.25) is 5.91 Å². The number of hydrogen-bond donors (Lipinski definition) is 2. The molecule has 0 aliphatic carbocycles. The molecule has 0 saturated carbocycles. The van der Waals surface area contributed by atoms with Gasteiger partial charge in [-0.05, 0) is 19.4 Å². The van der Waals surface area contributed by atoms with Gasteiger partial charge in [-0.3, -0.25) is 9.69 Å². The molecule has 1 unspecified atom stereocenters. The number of carbonyl (C=O) groups is 1. The van der Waals surface area contributed by atoms with Crippen LogP contribution in [0.4, 0.5) is 0 Å². The average molecular weight is 277 g/mol. The number of nitrogens with one attached hydrogen (secondary N) is 1. The van der Waals surface area contributed by atoms with Crippen molar-refractivity contribution in [2.75, 3.05) is 26.2 Å². The third kappa shape index (κ3) is 3.71. The molecular weight excluding hydrogens is 254 g/mol. The number of ether oxygens (including phenoxy) is 1. The van der Waals surface area contributed by atoms with Crippen LogP contribution < -0.4 is 15.8 Å². The summed E-state index contributed by atoms with van der Waals surface area (Å²) in [4.78, 5) is 13.7. The van der Waals surface area contributed by atoms with Crippen molar-refractivity contribution in [2.45, 2.75) is 25.9 Å². The SMILES string of the molecule is CC1C(=O)NCCN1CCCOc1ccccc1CN. The molecule has 110 valence electrons. The van der Waals surface area contributed by atoms with Gasteiger partial charge in [0.05, 0.1) is 12.6 Å². The normalized spacial score (nSPS) is 19.7. The third-order valence-electron chi connectivity index (χ3n) is 3.67. The molecule has 1 heterocycles. The molecule has 1 aliphatic rings. The molecule has 0 spiro atoms. The van der Waals surface area contributed by atoms with Gasteiger partial charge in [0.1, 0.15) is 5.75 Å². The number of benzene rings is 1. The zero-order valence-corrected chi connectivity index (χ0v) is 12.0. The van der Waals surface area contributed by atoms with Crippen molar-refractivity contribution in [1.82, 2.24) is 10.2 Å². The molecule has 1 aliphatic heterocycles. The highest BCUT2D eigenvalue weighted by Gasteiger charge is 2.24. The summed E-state index contributed by atoms with van der Waals surface area (Å²) < 4.78 is 5.77. The highest BCUT2D eigenvalue weighted by Crippen LogP contribution is 2.17. The summed E-state index contributed by atoms with van der Waals surface area (Å²) in [5.74, 6) is 0.977. The Bertz CT molecular complexity index is 450. The zero-order chi connectivity index (χ0) is 14.4. The molecule has 0 bridgehead atoms. The summed E-state index contributed by atoms with van der Waals surface area (Å²) in [5.41, 5.74) is 6.70. The molecule has 2 rings (SSSR count). The fourth-order valence-electron chi connectivity index (χ4n) is 2.40. The number of nitrogens with zero attached hydrogens (tertiary/aromatic N) is 1. The number of amides is 1. The number of rotatable bonds is 6. The van der Waals surface area contributed by atoms with Crippen LogP contribution in [0.5, 0.6) is 5.75 Å². The van der Waals surface area contributed by atoms with Crippen molar-refractivity contribution in [3.05, 3.63) is 29.8 Å². The zero-order valence-electron chi connectivity index (χ0n) is 12.0. The predicted octanol–water partition coefficient (Wildman–Crippen LogP) is 0.734. The summed E-state index contributed by atoms with van der Waals surface area (Å²) in [6.45, 7) is 5.59. The van der Waals surface area contributed by atoms with E-state index in [0.717, 1.165) is 37.4 Å². The number of carbonyl (C=O) groups excluding carboxylic acids is 1. The van der Waals surface area contributed by atoms with Gasteiger partial charge >= 0.3 is 0 Å². The van der Waals surface area contributed by atoms with Crippen molar-refractivity contribution in [3.63, 3.8) is 0 Å². The first kappa shape index (κ1) is 14.8. The molecular formula is C15H23N3O2. The smallest absolute Gasteiger partial charge is 0.237 e. The van der Waals surface area contributed by atoms with Crippen LogP contribution >= 0.6 is 0 Å². The molecule has 0 radical (unpaired) electrons. The fraction of sp³-hybridized carbons (Fsp3) is 0.533. The molecule has 5 heteroatoms. The van der Waals surface area contributed by atoms with E-state index in [2.05, 4.69) is 10.2 Å². The van der Waals surface area contributed by atoms with Gasteiger partial charge in [-0.25, -0.2) is 0 Å². The van der Waals surface area contributed by atoms with E-state index in [4.69, 9.17) is 10.5 Å². The minimum absolute atomic E-state index is 0.0416. The number of hydrogen-bond acceptors (Lipinski definition) is 4. The predicted molar refractivity (Wildman–Crippen MR) is 78.5 cm³/mol. The van der Waals surface area contributed by atoms with E-state index in [9.17, 15) is 4.79 Å². The lowest BCUT2D eigenvalue weighted by Gasteiger charge is -2.32. The standard InChI is InChI=1S/C15H23N3O2/c1-12-15(19)17-7-9-18(12)8-4-10-20-14-6-3-2-5-13(14)11-16/h2-3,5-6,12H,4,7-11,16H2,1H3,(H,17,19). The largest absolute Gasteiger partial charge is 0.493 e. The molecule has 5 nitrogen and oxygen atoms in total. The van der Waals surface area contributed by atoms with E-state index in [0.29, 0.717) is 13.2 Å². The van der Waals surface area contributed by atoms with E-state index in [1.165, 1.54) is 0 Å². The van der Waals surface area contributed by atoms with Crippen molar-refractivity contribution >= 4 is 5.91 Å². The topological polar surface area (TPSA) is 67.6 Å². The van der Waals surface area contributed by atoms with Gasteiger partial charge in [-0.1, -0.05) is 18.2 Å². The Kier molecular flexibility index (Phi) is 5.38. The molecule has 1 fully saturated rings. The maximum atomic E-state index is 11.5. The molecule has 1 aromatic carbocycles. The second-order valence-electron chi connectivity index (χ2n) is 5.02. The van der Waals surface area contributed by atoms with E-state index in [1.54, 1.807) is 0 Å². The molecule has 0 aromatic heterocycles. The van der Waals surface area contributed by atoms with Crippen LogP contribution in [0, 0.1) is 0 Å². The first-order valence-corrected chi connectivity index (χ1v) is 7.15. The third-order valence-corrected chi connectivity index (χ3v) is 3.67. The van der Waals surface area contributed by atoms with Crippen molar-refractivity contribution in [1.29, 1.82) is 0 Å². The lowest BCUT2D eigenvalue weighted by atomic mass is 10.2. The van der Waals surface area contributed by atoms with E-state index in [-0.39, 0.29) is 11.9 Å². The molecule has 1 amide bonds. The van der Waals surface area contributed by atoms with Crippen LogP contribution in [0.25, 0.3) is 0 Å². The van der Waals surface area contributed by atoms with Crippen molar-refractivity contribution < 1.29 is 9.53 Å². The first-order valence-electron chi connectivity index (χ1n) is 7.15. The van der Waals surface area contributed by atoms with Crippen LogP contribution in [0.15, 0.2) is 24.3 Å². The number of nitrogens with two attached hydrogens (primary N) is 1. The van der Waals surface area contributed by atoms with Gasteiger partial charge in [-0.2, -0.15) is 0 Å². The van der Waals surface area contributed by atoms with Gasteiger partial charge < -0.3 is 15.8 Å².